The van der Waals surface area contributed by atoms with Gasteiger partial charge in [-0.1, -0.05) is 0 Å². The fraction of sp³-hybridized carbons (Fsp3) is 0.471. The van der Waals surface area contributed by atoms with E-state index in [2.05, 4.69) is 20.5 Å². The van der Waals surface area contributed by atoms with E-state index in [0.29, 0.717) is 35.2 Å². The summed E-state index contributed by atoms with van der Waals surface area (Å²) in [6.07, 6.45) is 1.83. The van der Waals surface area contributed by atoms with Crippen molar-refractivity contribution in [1.82, 2.24) is 29.6 Å². The average molecular weight is 358 g/mol. The minimum atomic E-state index is -0.899. The summed E-state index contributed by atoms with van der Waals surface area (Å²) in [5.74, 6) is 0.928. The van der Waals surface area contributed by atoms with Crippen LogP contribution in [0.3, 0.4) is 0 Å². The summed E-state index contributed by atoms with van der Waals surface area (Å²) >= 11 is 0. The molecule has 0 aliphatic rings. The molecule has 26 heavy (non-hydrogen) atoms. The number of ketones is 1. The zero-order valence-electron chi connectivity index (χ0n) is 15.3. The first-order valence-corrected chi connectivity index (χ1v) is 8.38. The minimum absolute atomic E-state index is 0.0468. The molecule has 1 atom stereocenters. The molecule has 0 radical (unpaired) electrons. The maximum absolute atomic E-state index is 13.1. The Balaban J connectivity index is 2.01. The molecule has 0 bridgehead atoms. The van der Waals surface area contributed by atoms with Crippen molar-refractivity contribution in [2.75, 3.05) is 13.2 Å². The summed E-state index contributed by atoms with van der Waals surface area (Å²) in [6.45, 7) is 5.70. The van der Waals surface area contributed by atoms with Gasteiger partial charge in [0.15, 0.2) is 23.0 Å². The number of carbonyl (C=O) groups excluding carboxylic acids is 1. The predicted octanol–water partition coefficient (Wildman–Crippen LogP) is 1.09. The van der Waals surface area contributed by atoms with Gasteiger partial charge >= 0.3 is 0 Å². The molecule has 0 aliphatic heterocycles. The molecule has 1 N–H and O–H groups in total. The molecular weight excluding hydrogens is 336 g/mol. The van der Waals surface area contributed by atoms with E-state index in [1.54, 1.807) is 31.5 Å². The maximum atomic E-state index is 13.1. The Kier molecular flexibility index (Phi) is 4.73. The van der Waals surface area contributed by atoms with Crippen molar-refractivity contribution >= 4 is 11.4 Å². The number of tetrazole rings is 1. The number of pyridine rings is 1. The molecule has 3 aromatic heterocycles. The van der Waals surface area contributed by atoms with Gasteiger partial charge in [0.2, 0.25) is 0 Å². The van der Waals surface area contributed by atoms with E-state index < -0.39 is 5.41 Å². The average Bonchev–Trinajstić information content (AvgIpc) is 3.18. The van der Waals surface area contributed by atoms with E-state index >= 15 is 0 Å². The second-order valence-electron chi connectivity index (χ2n) is 6.49. The lowest BCUT2D eigenvalue weighted by Crippen LogP contribution is -2.33. The van der Waals surface area contributed by atoms with Gasteiger partial charge in [0.05, 0.1) is 24.3 Å². The molecule has 0 aromatic carbocycles. The standard InChI is InChI=1S/C17H22N6O3/c1-5-26-13-7-6-8-23-14(11(2)18-15(13)23)12(25)9-17(3,10-24)16-19-20-21-22(16)4/h6-8,24H,5,9-10H2,1-4H3. The Morgan fingerprint density at radius 2 is 2.19 bits per heavy atom. The summed E-state index contributed by atoms with van der Waals surface area (Å²) in [7, 11) is 1.68. The van der Waals surface area contributed by atoms with Crippen LogP contribution in [-0.2, 0) is 12.5 Å². The number of rotatable bonds is 7. The van der Waals surface area contributed by atoms with Gasteiger partial charge in [0, 0.05) is 19.7 Å². The smallest absolute Gasteiger partial charge is 0.182 e. The molecule has 3 heterocycles. The normalized spacial score (nSPS) is 13.7. The highest BCUT2D eigenvalue weighted by Crippen LogP contribution is 2.29. The van der Waals surface area contributed by atoms with Gasteiger partial charge in [0.25, 0.3) is 0 Å². The molecule has 0 amide bonds. The van der Waals surface area contributed by atoms with Gasteiger partial charge in [-0.15, -0.1) is 5.10 Å². The SMILES string of the molecule is CCOc1cccn2c(C(=O)CC(C)(CO)c3nnnn3C)c(C)nc12. The summed E-state index contributed by atoms with van der Waals surface area (Å²) in [5, 5.41) is 21.3. The number of nitrogens with zero attached hydrogens (tertiary/aromatic N) is 6. The van der Waals surface area contributed by atoms with Crippen molar-refractivity contribution in [3.63, 3.8) is 0 Å². The Morgan fingerprint density at radius 1 is 1.42 bits per heavy atom. The first kappa shape index (κ1) is 18.0. The number of aryl methyl sites for hydroxylation is 2. The third kappa shape index (κ3) is 2.94. The Bertz CT molecular complexity index is 947. The van der Waals surface area contributed by atoms with Gasteiger partial charge in [-0.2, -0.15) is 0 Å². The predicted molar refractivity (Wildman–Crippen MR) is 93.3 cm³/mol. The number of hydrogen-bond donors (Lipinski definition) is 1. The number of aliphatic hydroxyl groups is 1. The first-order valence-electron chi connectivity index (χ1n) is 8.38. The van der Waals surface area contributed by atoms with E-state index in [1.807, 2.05) is 19.1 Å². The van der Waals surface area contributed by atoms with Crippen LogP contribution in [0.25, 0.3) is 5.65 Å². The number of aliphatic hydroxyl groups excluding tert-OH is 1. The van der Waals surface area contributed by atoms with Crippen molar-refractivity contribution < 1.29 is 14.6 Å². The molecule has 0 saturated heterocycles. The Hall–Kier alpha value is -2.81. The van der Waals surface area contributed by atoms with Crippen molar-refractivity contribution in [3.8, 4) is 5.75 Å². The lowest BCUT2D eigenvalue weighted by molar-refractivity contribution is 0.0903. The molecule has 3 aromatic rings. The van der Waals surface area contributed by atoms with Crippen LogP contribution in [-0.4, -0.2) is 53.7 Å². The summed E-state index contributed by atoms with van der Waals surface area (Å²) in [6, 6.07) is 3.64. The van der Waals surface area contributed by atoms with Crippen LogP contribution in [0, 0.1) is 6.92 Å². The molecule has 9 heteroatoms. The maximum Gasteiger partial charge on any atom is 0.182 e. The van der Waals surface area contributed by atoms with E-state index in [9.17, 15) is 9.90 Å². The lowest BCUT2D eigenvalue weighted by Gasteiger charge is -2.24. The van der Waals surface area contributed by atoms with Crippen LogP contribution >= 0.6 is 0 Å². The summed E-state index contributed by atoms with van der Waals surface area (Å²) in [5.41, 5.74) is 0.778. The highest BCUT2D eigenvalue weighted by atomic mass is 16.5. The number of imidazole rings is 1. The van der Waals surface area contributed by atoms with Crippen LogP contribution in [0.15, 0.2) is 18.3 Å². The molecule has 3 rings (SSSR count). The molecule has 9 nitrogen and oxygen atoms in total. The topological polar surface area (TPSA) is 107 Å². The van der Waals surface area contributed by atoms with Gasteiger partial charge in [-0.3, -0.25) is 9.20 Å². The Morgan fingerprint density at radius 3 is 2.81 bits per heavy atom. The third-order valence-electron chi connectivity index (χ3n) is 4.41. The number of carbonyl (C=O) groups is 1. The molecule has 0 aliphatic carbocycles. The second kappa shape index (κ2) is 6.83. The van der Waals surface area contributed by atoms with Gasteiger partial charge in [0.1, 0.15) is 5.69 Å². The van der Waals surface area contributed by atoms with Crippen molar-refractivity contribution in [2.45, 2.75) is 32.6 Å². The minimum Gasteiger partial charge on any atom is -0.490 e. The van der Waals surface area contributed by atoms with Crippen LogP contribution in [0.5, 0.6) is 5.75 Å². The fourth-order valence-electron chi connectivity index (χ4n) is 3.14. The molecule has 0 fully saturated rings. The number of Topliss-reactive ketones (excluding diaryl/α,β-unsaturated/α-hetero) is 1. The lowest BCUT2D eigenvalue weighted by atomic mass is 9.84. The number of aromatic nitrogens is 6. The van der Waals surface area contributed by atoms with Crippen LogP contribution in [0.1, 0.15) is 42.3 Å². The molecular formula is C17H22N6O3. The van der Waals surface area contributed by atoms with E-state index in [4.69, 9.17) is 4.74 Å². The monoisotopic (exact) mass is 358 g/mol. The van der Waals surface area contributed by atoms with Gasteiger partial charge in [-0.05, 0) is 43.3 Å². The summed E-state index contributed by atoms with van der Waals surface area (Å²) in [4.78, 5) is 17.6. The summed E-state index contributed by atoms with van der Waals surface area (Å²) < 4.78 is 8.80. The number of ether oxygens (including phenoxy) is 1. The zero-order chi connectivity index (χ0) is 18.9. The molecule has 138 valence electrons. The third-order valence-corrected chi connectivity index (χ3v) is 4.41. The quantitative estimate of drug-likeness (QED) is 0.630. The van der Waals surface area contributed by atoms with E-state index in [1.165, 1.54) is 4.68 Å². The zero-order valence-corrected chi connectivity index (χ0v) is 15.3. The highest BCUT2D eigenvalue weighted by Gasteiger charge is 2.35. The van der Waals surface area contributed by atoms with Crippen LogP contribution < -0.4 is 4.74 Å². The fourth-order valence-corrected chi connectivity index (χ4v) is 3.14. The number of hydrogen-bond acceptors (Lipinski definition) is 7. The van der Waals surface area contributed by atoms with Crippen LogP contribution in [0.4, 0.5) is 0 Å². The van der Waals surface area contributed by atoms with Crippen molar-refractivity contribution in [3.05, 3.63) is 35.5 Å². The molecule has 1 unspecified atom stereocenters. The number of fused-ring (bicyclic) bond motifs is 1. The highest BCUT2D eigenvalue weighted by molar-refractivity contribution is 5.97. The van der Waals surface area contributed by atoms with E-state index in [-0.39, 0.29) is 18.8 Å². The molecule has 0 saturated carbocycles. The van der Waals surface area contributed by atoms with Gasteiger partial charge < -0.3 is 9.84 Å². The van der Waals surface area contributed by atoms with Crippen molar-refractivity contribution in [1.29, 1.82) is 0 Å². The largest absolute Gasteiger partial charge is 0.490 e. The van der Waals surface area contributed by atoms with Crippen molar-refractivity contribution in [2.24, 2.45) is 7.05 Å². The van der Waals surface area contributed by atoms with E-state index in [0.717, 1.165) is 0 Å². The molecule has 0 spiro atoms. The van der Waals surface area contributed by atoms with Gasteiger partial charge in [-0.25, -0.2) is 9.67 Å². The second-order valence-corrected chi connectivity index (χ2v) is 6.49. The Labute approximate surface area is 150 Å². The van der Waals surface area contributed by atoms with Crippen LogP contribution in [0.2, 0.25) is 0 Å². The first-order chi connectivity index (χ1) is 12.4.